The number of ether oxygens (including phenoxy) is 3. The van der Waals surface area contributed by atoms with Crippen molar-refractivity contribution in [1.29, 1.82) is 0 Å². The summed E-state index contributed by atoms with van der Waals surface area (Å²) in [4.78, 5) is 8.28. The van der Waals surface area contributed by atoms with Gasteiger partial charge in [-0.15, -0.1) is 11.3 Å². The molecule has 3 aromatic rings. The molecule has 0 spiro atoms. The first-order chi connectivity index (χ1) is 14.8. The largest absolute Gasteiger partial charge is 0.454 e. The molecule has 2 aliphatic heterocycles. The van der Waals surface area contributed by atoms with Gasteiger partial charge < -0.3 is 18.8 Å². The average Bonchev–Trinajstić information content (AvgIpc) is 3.41. The van der Waals surface area contributed by atoms with Gasteiger partial charge in [-0.2, -0.15) is 0 Å². The van der Waals surface area contributed by atoms with Crippen LogP contribution in [0, 0.1) is 0 Å². The van der Waals surface area contributed by atoms with E-state index in [2.05, 4.69) is 20.9 Å². The summed E-state index contributed by atoms with van der Waals surface area (Å²) < 4.78 is 18.8. The number of morpholine rings is 1. The van der Waals surface area contributed by atoms with Gasteiger partial charge in [0.2, 0.25) is 6.79 Å². The van der Waals surface area contributed by atoms with Crippen LogP contribution in [-0.4, -0.2) is 49.1 Å². The Morgan fingerprint density at radius 1 is 0.967 bits per heavy atom. The summed E-state index contributed by atoms with van der Waals surface area (Å²) in [5.74, 6) is 1.58. The van der Waals surface area contributed by atoms with E-state index in [1.807, 2.05) is 36.4 Å². The van der Waals surface area contributed by atoms with Crippen molar-refractivity contribution in [3.8, 4) is 22.8 Å². The number of rotatable bonds is 5. The van der Waals surface area contributed by atoms with E-state index in [0.29, 0.717) is 5.02 Å². The lowest BCUT2D eigenvalue weighted by Crippen LogP contribution is -2.39. The first-order valence-electron chi connectivity index (χ1n) is 9.95. The molecule has 0 N–H and O–H groups in total. The Hall–Kier alpha value is -2.32. The van der Waals surface area contributed by atoms with E-state index in [1.54, 1.807) is 11.3 Å². The number of hydrogen-bond acceptors (Lipinski definition) is 6. The molecule has 1 saturated heterocycles. The van der Waals surface area contributed by atoms with Crippen LogP contribution in [-0.2, 0) is 11.3 Å². The van der Waals surface area contributed by atoms with Crippen LogP contribution in [0.5, 0.6) is 11.5 Å². The molecule has 0 saturated carbocycles. The van der Waals surface area contributed by atoms with Crippen LogP contribution in [0.1, 0.15) is 0 Å². The predicted octanol–water partition coefficient (Wildman–Crippen LogP) is 4.16. The lowest BCUT2D eigenvalue weighted by atomic mass is 10.1. The highest BCUT2D eigenvalue weighted by Gasteiger charge is 2.17. The fraction of sp³-hybridized carbons (Fsp3) is 0.318. The Morgan fingerprint density at radius 3 is 2.60 bits per heavy atom. The summed E-state index contributed by atoms with van der Waals surface area (Å²) in [7, 11) is 0. The second-order valence-electron chi connectivity index (χ2n) is 7.17. The maximum atomic E-state index is 6.03. The summed E-state index contributed by atoms with van der Waals surface area (Å²) in [6.07, 6.45) is 0. The van der Waals surface area contributed by atoms with E-state index in [4.69, 9.17) is 30.8 Å². The standard InChI is InChI=1S/C22H22ClN3O3S/c23-17-2-4-18(5-3-17)24-22-26(8-7-25-9-11-27-12-10-25)19(14-30-22)16-1-6-20-21(13-16)29-15-28-20/h1-6,13-14H,7-12,15H2. The molecule has 3 heterocycles. The molecule has 5 rings (SSSR count). The quantitative estimate of drug-likeness (QED) is 0.594. The van der Waals surface area contributed by atoms with Crippen LogP contribution in [0.2, 0.25) is 5.02 Å². The smallest absolute Gasteiger partial charge is 0.231 e. The number of thiazole rings is 1. The van der Waals surface area contributed by atoms with Gasteiger partial charge >= 0.3 is 0 Å². The van der Waals surface area contributed by atoms with E-state index < -0.39 is 0 Å². The van der Waals surface area contributed by atoms with Crippen LogP contribution in [0.15, 0.2) is 52.8 Å². The van der Waals surface area contributed by atoms with E-state index >= 15 is 0 Å². The van der Waals surface area contributed by atoms with Gasteiger partial charge in [0, 0.05) is 42.1 Å². The van der Waals surface area contributed by atoms with Gasteiger partial charge in [0.05, 0.1) is 24.6 Å². The molecule has 2 aromatic carbocycles. The minimum Gasteiger partial charge on any atom is -0.454 e. The fourth-order valence-electron chi connectivity index (χ4n) is 3.61. The number of nitrogens with zero attached hydrogens (tertiary/aromatic N) is 3. The zero-order chi connectivity index (χ0) is 20.3. The summed E-state index contributed by atoms with van der Waals surface area (Å²) in [5.41, 5.74) is 3.10. The minimum absolute atomic E-state index is 0.274. The van der Waals surface area contributed by atoms with Gasteiger partial charge in [-0.25, -0.2) is 4.99 Å². The molecule has 6 nitrogen and oxygen atoms in total. The van der Waals surface area contributed by atoms with Crippen molar-refractivity contribution in [2.24, 2.45) is 4.99 Å². The van der Waals surface area contributed by atoms with Crippen molar-refractivity contribution in [3.63, 3.8) is 0 Å². The summed E-state index contributed by atoms with van der Waals surface area (Å²) in [6, 6.07) is 13.7. The van der Waals surface area contributed by atoms with Gasteiger partial charge in [-0.1, -0.05) is 11.6 Å². The van der Waals surface area contributed by atoms with Crippen LogP contribution in [0.25, 0.3) is 11.3 Å². The van der Waals surface area contributed by atoms with Gasteiger partial charge in [0.25, 0.3) is 0 Å². The molecule has 1 aromatic heterocycles. The minimum atomic E-state index is 0.274. The highest BCUT2D eigenvalue weighted by Crippen LogP contribution is 2.36. The normalized spacial score (nSPS) is 16.9. The van der Waals surface area contributed by atoms with E-state index in [-0.39, 0.29) is 6.79 Å². The lowest BCUT2D eigenvalue weighted by molar-refractivity contribution is 0.0363. The Labute approximate surface area is 183 Å². The number of halogens is 1. The molecule has 0 amide bonds. The van der Waals surface area contributed by atoms with Crippen molar-refractivity contribution >= 4 is 28.6 Å². The second-order valence-corrected chi connectivity index (χ2v) is 8.44. The summed E-state index contributed by atoms with van der Waals surface area (Å²) in [6.45, 7) is 5.60. The Balaban J connectivity index is 1.51. The average molecular weight is 444 g/mol. The van der Waals surface area contributed by atoms with Crippen molar-refractivity contribution in [3.05, 3.63) is 57.7 Å². The van der Waals surface area contributed by atoms with Gasteiger partial charge in [0.15, 0.2) is 16.3 Å². The molecule has 8 heteroatoms. The molecular formula is C22H22ClN3O3S. The summed E-state index contributed by atoms with van der Waals surface area (Å²) >= 11 is 7.67. The molecule has 0 unspecified atom stereocenters. The van der Waals surface area contributed by atoms with Crippen molar-refractivity contribution in [2.45, 2.75) is 6.54 Å². The van der Waals surface area contributed by atoms with Crippen LogP contribution in [0.3, 0.4) is 0 Å². The number of aromatic nitrogens is 1. The molecular weight excluding hydrogens is 422 g/mol. The molecule has 156 valence electrons. The molecule has 1 fully saturated rings. The predicted molar refractivity (Wildman–Crippen MR) is 118 cm³/mol. The molecule has 2 aliphatic rings. The summed E-state index contributed by atoms with van der Waals surface area (Å²) in [5, 5.41) is 2.87. The SMILES string of the molecule is Clc1ccc(N=c2scc(-c3ccc4c(c3)OCO4)n2CCN2CCOCC2)cc1. The Morgan fingerprint density at radius 2 is 1.77 bits per heavy atom. The van der Waals surface area contributed by atoms with Crippen LogP contribution in [0.4, 0.5) is 5.69 Å². The third-order valence-corrected chi connectivity index (χ3v) is 6.38. The second kappa shape index (κ2) is 8.81. The zero-order valence-corrected chi connectivity index (χ0v) is 18.0. The maximum Gasteiger partial charge on any atom is 0.231 e. The van der Waals surface area contributed by atoms with E-state index in [0.717, 1.165) is 72.6 Å². The van der Waals surface area contributed by atoms with Crippen molar-refractivity contribution < 1.29 is 14.2 Å². The lowest BCUT2D eigenvalue weighted by Gasteiger charge is -2.26. The molecule has 0 atom stereocenters. The maximum absolute atomic E-state index is 6.03. The Kier molecular flexibility index (Phi) is 5.77. The number of fused-ring (bicyclic) bond motifs is 1. The fourth-order valence-corrected chi connectivity index (χ4v) is 4.69. The third-order valence-electron chi connectivity index (χ3n) is 5.26. The highest BCUT2D eigenvalue weighted by molar-refractivity contribution is 7.07. The van der Waals surface area contributed by atoms with E-state index in [9.17, 15) is 0 Å². The first-order valence-corrected chi connectivity index (χ1v) is 11.2. The molecule has 30 heavy (non-hydrogen) atoms. The van der Waals surface area contributed by atoms with Gasteiger partial charge in [-0.3, -0.25) is 4.90 Å². The molecule has 0 radical (unpaired) electrons. The highest BCUT2D eigenvalue weighted by atomic mass is 35.5. The van der Waals surface area contributed by atoms with Crippen molar-refractivity contribution in [2.75, 3.05) is 39.6 Å². The number of hydrogen-bond donors (Lipinski definition) is 0. The molecule has 0 bridgehead atoms. The molecule has 0 aliphatic carbocycles. The topological polar surface area (TPSA) is 48.2 Å². The zero-order valence-electron chi connectivity index (χ0n) is 16.4. The monoisotopic (exact) mass is 443 g/mol. The van der Waals surface area contributed by atoms with E-state index in [1.165, 1.54) is 0 Å². The Bertz CT molecular complexity index is 1090. The third kappa shape index (κ3) is 4.25. The van der Waals surface area contributed by atoms with Crippen LogP contribution < -0.4 is 14.3 Å². The van der Waals surface area contributed by atoms with Gasteiger partial charge in [0.1, 0.15) is 0 Å². The van der Waals surface area contributed by atoms with Crippen LogP contribution >= 0.6 is 22.9 Å². The number of benzene rings is 2. The van der Waals surface area contributed by atoms with Crippen molar-refractivity contribution in [1.82, 2.24) is 9.47 Å². The van der Waals surface area contributed by atoms with Gasteiger partial charge in [-0.05, 0) is 42.5 Å². The first kappa shape index (κ1) is 19.6.